The van der Waals surface area contributed by atoms with E-state index in [0.29, 0.717) is 23.5 Å². The smallest absolute Gasteiger partial charge is 0.251 e. The molecule has 0 aliphatic heterocycles. The number of hydrogen-bond acceptors (Lipinski definition) is 5. The molecule has 2 rings (SSSR count). The number of nitrogens with one attached hydrogen (secondary N) is 3. The summed E-state index contributed by atoms with van der Waals surface area (Å²) < 4.78 is 0. The summed E-state index contributed by atoms with van der Waals surface area (Å²) >= 11 is 0. The van der Waals surface area contributed by atoms with Crippen molar-refractivity contribution in [2.75, 3.05) is 28.6 Å². The quantitative estimate of drug-likeness (QED) is 0.635. The van der Waals surface area contributed by atoms with Crippen LogP contribution in [0.5, 0.6) is 0 Å². The Balaban J connectivity index is 2.11. The van der Waals surface area contributed by atoms with Gasteiger partial charge in [-0.3, -0.25) is 14.4 Å². The van der Waals surface area contributed by atoms with Gasteiger partial charge in [0.2, 0.25) is 11.8 Å². The van der Waals surface area contributed by atoms with Crippen LogP contribution >= 0.6 is 0 Å². The highest BCUT2D eigenvalue weighted by molar-refractivity contribution is 5.99. The van der Waals surface area contributed by atoms with E-state index in [2.05, 4.69) is 39.7 Å². The summed E-state index contributed by atoms with van der Waals surface area (Å²) in [5, 5.41) is 8.10. The third-order valence-electron chi connectivity index (χ3n) is 4.19. The zero-order valence-electron chi connectivity index (χ0n) is 17.2. The molecule has 29 heavy (non-hydrogen) atoms. The molecule has 0 saturated heterocycles. The van der Waals surface area contributed by atoms with Crippen molar-refractivity contribution >= 4 is 34.9 Å². The Morgan fingerprint density at radius 3 is 1.97 bits per heavy atom. The van der Waals surface area contributed by atoms with Crippen molar-refractivity contribution in [2.24, 2.45) is 0 Å². The van der Waals surface area contributed by atoms with Crippen molar-refractivity contribution in [3.63, 3.8) is 0 Å². The van der Waals surface area contributed by atoms with Crippen LogP contribution in [0, 0.1) is 0 Å². The summed E-state index contributed by atoms with van der Waals surface area (Å²) in [4.78, 5) is 41.9. The van der Waals surface area contributed by atoms with Crippen molar-refractivity contribution in [3.8, 4) is 0 Å². The molecule has 1 aromatic heterocycles. The van der Waals surface area contributed by atoms with Crippen LogP contribution in [-0.2, 0) is 16.1 Å². The molecule has 8 heteroatoms. The highest BCUT2D eigenvalue weighted by atomic mass is 16.2. The molecule has 1 aromatic carbocycles. The predicted molar refractivity (Wildman–Crippen MR) is 114 cm³/mol. The van der Waals surface area contributed by atoms with Crippen molar-refractivity contribution < 1.29 is 14.4 Å². The standard InChI is InChI=1S/C21H27N5O3/c1-5-26(6-2)20-8-7-16(12-22-20)13-23-21(29)17-9-18(24-14(3)27)11-19(10-17)25-15(4)28/h7-12H,5-6,13H2,1-4H3,(H,23,29)(H,24,27)(H,25,28). The summed E-state index contributed by atoms with van der Waals surface area (Å²) in [6.45, 7) is 8.96. The fourth-order valence-electron chi connectivity index (χ4n) is 2.85. The van der Waals surface area contributed by atoms with E-state index in [9.17, 15) is 14.4 Å². The minimum atomic E-state index is -0.323. The van der Waals surface area contributed by atoms with Gasteiger partial charge in [0.25, 0.3) is 5.91 Å². The highest BCUT2D eigenvalue weighted by Gasteiger charge is 2.11. The van der Waals surface area contributed by atoms with Gasteiger partial charge in [-0.05, 0) is 43.7 Å². The van der Waals surface area contributed by atoms with E-state index in [1.165, 1.54) is 13.8 Å². The molecule has 0 radical (unpaired) electrons. The Morgan fingerprint density at radius 2 is 1.52 bits per heavy atom. The van der Waals surface area contributed by atoms with Gasteiger partial charge in [-0.2, -0.15) is 0 Å². The van der Waals surface area contributed by atoms with Crippen molar-refractivity contribution in [3.05, 3.63) is 47.7 Å². The molecule has 0 bridgehead atoms. The zero-order valence-corrected chi connectivity index (χ0v) is 17.2. The largest absolute Gasteiger partial charge is 0.357 e. The van der Waals surface area contributed by atoms with Crippen molar-refractivity contribution in [1.29, 1.82) is 0 Å². The molecule has 3 amide bonds. The summed E-state index contributed by atoms with van der Waals surface area (Å²) in [5.74, 6) is 0.0380. The van der Waals surface area contributed by atoms with Gasteiger partial charge < -0.3 is 20.9 Å². The lowest BCUT2D eigenvalue weighted by Gasteiger charge is -2.19. The number of hydrogen-bond donors (Lipinski definition) is 3. The Labute approximate surface area is 170 Å². The zero-order chi connectivity index (χ0) is 21.4. The Kier molecular flexibility index (Phi) is 7.70. The maximum atomic E-state index is 12.6. The minimum Gasteiger partial charge on any atom is -0.357 e. The average Bonchev–Trinajstić information content (AvgIpc) is 2.66. The maximum absolute atomic E-state index is 12.6. The SMILES string of the molecule is CCN(CC)c1ccc(CNC(=O)c2cc(NC(C)=O)cc(NC(C)=O)c2)cn1. The van der Waals surface area contributed by atoms with Crippen LogP contribution < -0.4 is 20.9 Å². The van der Waals surface area contributed by atoms with E-state index in [4.69, 9.17) is 0 Å². The molecule has 0 atom stereocenters. The van der Waals surface area contributed by atoms with Crippen molar-refractivity contribution in [1.82, 2.24) is 10.3 Å². The summed E-state index contributed by atoms with van der Waals surface area (Å²) in [6.07, 6.45) is 1.74. The first-order chi connectivity index (χ1) is 13.8. The van der Waals surface area contributed by atoms with E-state index in [1.54, 1.807) is 24.4 Å². The molecular weight excluding hydrogens is 370 g/mol. The van der Waals surface area contributed by atoms with Crippen LogP contribution in [0.15, 0.2) is 36.5 Å². The molecule has 1 heterocycles. The lowest BCUT2D eigenvalue weighted by Crippen LogP contribution is -2.24. The average molecular weight is 397 g/mol. The second kappa shape index (κ2) is 10.2. The van der Waals surface area contributed by atoms with E-state index in [-0.39, 0.29) is 17.7 Å². The second-order valence-corrected chi connectivity index (χ2v) is 6.54. The first-order valence-electron chi connectivity index (χ1n) is 9.50. The summed E-state index contributed by atoms with van der Waals surface area (Å²) in [6, 6.07) is 8.57. The number of anilines is 3. The Morgan fingerprint density at radius 1 is 0.931 bits per heavy atom. The number of amides is 3. The van der Waals surface area contributed by atoms with Gasteiger partial charge >= 0.3 is 0 Å². The van der Waals surface area contributed by atoms with Crippen LogP contribution in [0.25, 0.3) is 0 Å². The molecule has 0 spiro atoms. The number of pyridine rings is 1. The molecule has 2 aromatic rings. The molecule has 8 nitrogen and oxygen atoms in total. The number of benzene rings is 1. The number of nitrogens with zero attached hydrogens (tertiary/aromatic N) is 2. The summed E-state index contributed by atoms with van der Waals surface area (Å²) in [5.41, 5.74) is 2.06. The van der Waals surface area contributed by atoms with Gasteiger partial charge in [-0.25, -0.2) is 4.98 Å². The van der Waals surface area contributed by atoms with Gasteiger partial charge in [-0.1, -0.05) is 6.07 Å². The van der Waals surface area contributed by atoms with Gasteiger partial charge in [0.05, 0.1) is 0 Å². The fraction of sp³-hybridized carbons (Fsp3) is 0.333. The summed E-state index contributed by atoms with van der Waals surface area (Å²) in [7, 11) is 0. The van der Waals surface area contributed by atoms with E-state index in [1.807, 2.05) is 12.1 Å². The third-order valence-corrected chi connectivity index (χ3v) is 4.19. The van der Waals surface area contributed by atoms with Gasteiger partial charge in [0.1, 0.15) is 5.82 Å². The van der Waals surface area contributed by atoms with Crippen LogP contribution in [-0.4, -0.2) is 35.8 Å². The number of carbonyl (C=O) groups excluding carboxylic acids is 3. The molecule has 3 N–H and O–H groups in total. The van der Waals surface area contributed by atoms with Crippen LogP contribution in [0.3, 0.4) is 0 Å². The first-order valence-corrected chi connectivity index (χ1v) is 9.50. The molecule has 0 fully saturated rings. The van der Waals surface area contributed by atoms with Crippen LogP contribution in [0.2, 0.25) is 0 Å². The Hall–Kier alpha value is -3.42. The molecule has 154 valence electrons. The van der Waals surface area contributed by atoms with Gasteiger partial charge in [0, 0.05) is 56.6 Å². The van der Waals surface area contributed by atoms with Crippen LogP contribution in [0.4, 0.5) is 17.2 Å². The van der Waals surface area contributed by atoms with Gasteiger partial charge in [-0.15, -0.1) is 0 Å². The van der Waals surface area contributed by atoms with E-state index in [0.717, 1.165) is 24.5 Å². The van der Waals surface area contributed by atoms with Crippen molar-refractivity contribution in [2.45, 2.75) is 34.2 Å². The molecule has 0 aliphatic carbocycles. The van der Waals surface area contributed by atoms with E-state index >= 15 is 0 Å². The molecular formula is C21H27N5O3. The predicted octanol–water partition coefficient (Wildman–Crippen LogP) is 2.77. The monoisotopic (exact) mass is 397 g/mol. The lowest BCUT2D eigenvalue weighted by molar-refractivity contribution is -0.115. The Bertz CT molecular complexity index is 842. The molecule has 0 saturated carbocycles. The number of aromatic nitrogens is 1. The number of carbonyl (C=O) groups is 3. The van der Waals surface area contributed by atoms with Gasteiger partial charge in [0.15, 0.2) is 0 Å². The minimum absolute atomic E-state index is 0.268. The second-order valence-electron chi connectivity index (χ2n) is 6.54. The lowest BCUT2D eigenvalue weighted by atomic mass is 10.1. The topological polar surface area (TPSA) is 103 Å². The van der Waals surface area contributed by atoms with Crippen LogP contribution in [0.1, 0.15) is 43.6 Å². The third kappa shape index (κ3) is 6.60. The molecule has 0 unspecified atom stereocenters. The maximum Gasteiger partial charge on any atom is 0.251 e. The highest BCUT2D eigenvalue weighted by Crippen LogP contribution is 2.20. The fourth-order valence-corrected chi connectivity index (χ4v) is 2.85. The number of rotatable bonds is 8. The first kappa shape index (κ1) is 21.9. The van der Waals surface area contributed by atoms with E-state index < -0.39 is 0 Å². The molecule has 0 aliphatic rings. The normalized spacial score (nSPS) is 10.2.